The van der Waals surface area contributed by atoms with Crippen molar-refractivity contribution >= 4 is 0 Å². The Morgan fingerprint density at radius 2 is 1.94 bits per heavy atom. The third-order valence-electron chi connectivity index (χ3n) is 3.59. The van der Waals surface area contributed by atoms with Crippen LogP contribution in [-0.4, -0.2) is 55.5 Å². The molecule has 6 heteroatoms. The molecule has 0 aliphatic heterocycles. The number of hydrogen-bond donors (Lipinski definition) is 2. The summed E-state index contributed by atoms with van der Waals surface area (Å²) in [6.07, 6.45) is 0.0214. The highest BCUT2D eigenvalue weighted by Gasteiger charge is 2.33. The lowest BCUT2D eigenvalue weighted by Gasteiger charge is -2.35. The van der Waals surface area contributed by atoms with Gasteiger partial charge in [-0.25, -0.2) is 0 Å². The molecule has 1 saturated carbocycles. The summed E-state index contributed by atoms with van der Waals surface area (Å²) in [5, 5.41) is 12.1. The zero-order valence-electron chi connectivity index (χ0n) is 10.8. The van der Waals surface area contributed by atoms with Crippen molar-refractivity contribution in [2.75, 3.05) is 33.3 Å². The number of alkyl halides is 3. The number of nitrogens with zero attached hydrogens (tertiary/aromatic N) is 1. The topological polar surface area (TPSA) is 35.5 Å². The lowest BCUT2D eigenvalue weighted by atomic mass is 9.84. The third kappa shape index (κ3) is 5.54. The summed E-state index contributed by atoms with van der Waals surface area (Å²) in [5.41, 5.74) is 0. The van der Waals surface area contributed by atoms with E-state index in [-0.39, 0.29) is 19.1 Å². The molecule has 0 aromatic carbocycles. The first-order valence-electron chi connectivity index (χ1n) is 6.53. The highest BCUT2D eigenvalue weighted by molar-refractivity contribution is 4.82. The maximum atomic E-state index is 12.4. The first kappa shape index (κ1) is 15.7. The van der Waals surface area contributed by atoms with E-state index in [4.69, 9.17) is 5.11 Å². The summed E-state index contributed by atoms with van der Waals surface area (Å²) < 4.78 is 37.3. The molecule has 0 amide bonds. The van der Waals surface area contributed by atoms with Crippen LogP contribution in [0.1, 0.15) is 25.7 Å². The Bertz CT molecular complexity index is 236. The van der Waals surface area contributed by atoms with Crippen molar-refractivity contribution in [2.24, 2.45) is 5.92 Å². The third-order valence-corrected chi connectivity index (χ3v) is 3.59. The Hall–Kier alpha value is -0.330. The van der Waals surface area contributed by atoms with Gasteiger partial charge in [0, 0.05) is 19.1 Å². The molecule has 0 heterocycles. The predicted molar refractivity (Wildman–Crippen MR) is 64.4 cm³/mol. The number of nitrogens with one attached hydrogen (secondary N) is 1. The van der Waals surface area contributed by atoms with Crippen LogP contribution in [0.5, 0.6) is 0 Å². The van der Waals surface area contributed by atoms with Gasteiger partial charge in [0.1, 0.15) is 0 Å². The summed E-state index contributed by atoms with van der Waals surface area (Å²) in [6, 6.07) is 0.299. The number of aliphatic hydroxyl groups excluding tert-OH is 1. The van der Waals surface area contributed by atoms with Gasteiger partial charge in [-0.2, -0.15) is 13.2 Å². The fourth-order valence-corrected chi connectivity index (χ4v) is 2.77. The molecular formula is C12H23F3N2O. The zero-order valence-corrected chi connectivity index (χ0v) is 10.8. The Labute approximate surface area is 106 Å². The van der Waals surface area contributed by atoms with E-state index < -0.39 is 12.7 Å². The molecule has 2 N–H and O–H groups in total. The quantitative estimate of drug-likeness (QED) is 0.768. The molecule has 0 radical (unpaired) electrons. The van der Waals surface area contributed by atoms with Gasteiger partial charge < -0.3 is 10.4 Å². The van der Waals surface area contributed by atoms with E-state index in [2.05, 4.69) is 5.32 Å². The number of halogens is 3. The fourth-order valence-electron chi connectivity index (χ4n) is 2.77. The van der Waals surface area contributed by atoms with Crippen LogP contribution in [0.3, 0.4) is 0 Å². The molecule has 1 rings (SSSR count). The number of hydrogen-bond acceptors (Lipinski definition) is 3. The summed E-state index contributed by atoms with van der Waals surface area (Å²) in [6.45, 7) is -0.661. The smallest absolute Gasteiger partial charge is 0.395 e. The van der Waals surface area contributed by atoms with Crippen molar-refractivity contribution in [3.05, 3.63) is 0 Å². The van der Waals surface area contributed by atoms with Crippen LogP contribution in [0.15, 0.2) is 0 Å². The second kappa shape index (κ2) is 7.31. The van der Waals surface area contributed by atoms with Crippen molar-refractivity contribution in [3.63, 3.8) is 0 Å². The SMILES string of the molecule is CNC1CCCCC1CN(CCO)CC(F)(F)F. The van der Waals surface area contributed by atoms with Gasteiger partial charge in [0.05, 0.1) is 13.2 Å². The fraction of sp³-hybridized carbons (Fsp3) is 1.00. The molecular weight excluding hydrogens is 245 g/mol. The molecule has 0 spiro atoms. The second-order valence-electron chi connectivity index (χ2n) is 5.01. The van der Waals surface area contributed by atoms with Gasteiger partial charge in [0.25, 0.3) is 0 Å². The van der Waals surface area contributed by atoms with Crippen LogP contribution >= 0.6 is 0 Å². The molecule has 108 valence electrons. The molecule has 18 heavy (non-hydrogen) atoms. The van der Waals surface area contributed by atoms with E-state index in [1.54, 1.807) is 0 Å². The van der Waals surface area contributed by atoms with Crippen molar-refractivity contribution in [2.45, 2.75) is 37.9 Å². The largest absolute Gasteiger partial charge is 0.401 e. The van der Waals surface area contributed by atoms with Gasteiger partial charge >= 0.3 is 6.18 Å². The average Bonchev–Trinajstić information content (AvgIpc) is 2.28. The minimum Gasteiger partial charge on any atom is -0.395 e. The summed E-state index contributed by atoms with van der Waals surface area (Å²) in [4.78, 5) is 1.32. The summed E-state index contributed by atoms with van der Waals surface area (Å²) in [5.74, 6) is 0.248. The van der Waals surface area contributed by atoms with Crippen LogP contribution in [-0.2, 0) is 0 Å². The molecule has 1 aliphatic carbocycles. The predicted octanol–water partition coefficient (Wildman–Crippen LogP) is 1.62. The van der Waals surface area contributed by atoms with Crippen molar-refractivity contribution in [3.8, 4) is 0 Å². The molecule has 3 nitrogen and oxygen atoms in total. The molecule has 0 aromatic heterocycles. The Kier molecular flexibility index (Phi) is 6.38. The van der Waals surface area contributed by atoms with E-state index in [0.29, 0.717) is 12.6 Å². The monoisotopic (exact) mass is 268 g/mol. The Balaban J connectivity index is 2.52. The van der Waals surface area contributed by atoms with E-state index in [1.807, 2.05) is 7.05 Å². The van der Waals surface area contributed by atoms with Crippen LogP contribution in [0.25, 0.3) is 0 Å². The van der Waals surface area contributed by atoms with Gasteiger partial charge in [-0.15, -0.1) is 0 Å². The van der Waals surface area contributed by atoms with Crippen LogP contribution < -0.4 is 5.32 Å². The first-order valence-corrected chi connectivity index (χ1v) is 6.53. The van der Waals surface area contributed by atoms with E-state index in [9.17, 15) is 13.2 Å². The Morgan fingerprint density at radius 1 is 1.28 bits per heavy atom. The van der Waals surface area contributed by atoms with E-state index >= 15 is 0 Å². The number of rotatable bonds is 6. The minimum absolute atomic E-state index is 0.0897. The molecule has 2 atom stereocenters. The highest BCUT2D eigenvalue weighted by Crippen LogP contribution is 2.26. The van der Waals surface area contributed by atoms with E-state index in [0.717, 1.165) is 25.7 Å². The van der Waals surface area contributed by atoms with Crippen molar-refractivity contribution < 1.29 is 18.3 Å². The molecule has 0 saturated heterocycles. The standard InChI is InChI=1S/C12H23F3N2O/c1-16-11-5-3-2-4-10(11)8-17(6-7-18)9-12(13,14)15/h10-11,16,18H,2-9H2,1H3. The van der Waals surface area contributed by atoms with Gasteiger partial charge in [-0.05, 0) is 25.8 Å². The molecule has 0 bridgehead atoms. The zero-order chi connectivity index (χ0) is 13.6. The van der Waals surface area contributed by atoms with Crippen LogP contribution in [0.4, 0.5) is 13.2 Å². The molecule has 1 fully saturated rings. The van der Waals surface area contributed by atoms with Gasteiger partial charge in [-0.1, -0.05) is 12.8 Å². The lowest BCUT2D eigenvalue weighted by Crippen LogP contribution is -2.46. The maximum absolute atomic E-state index is 12.4. The second-order valence-corrected chi connectivity index (χ2v) is 5.01. The normalized spacial score (nSPS) is 25.7. The van der Waals surface area contributed by atoms with Crippen LogP contribution in [0.2, 0.25) is 0 Å². The van der Waals surface area contributed by atoms with Gasteiger partial charge in [0.2, 0.25) is 0 Å². The van der Waals surface area contributed by atoms with Gasteiger partial charge in [-0.3, -0.25) is 4.90 Å². The van der Waals surface area contributed by atoms with E-state index in [1.165, 1.54) is 4.90 Å². The summed E-state index contributed by atoms with van der Waals surface area (Å²) >= 11 is 0. The van der Waals surface area contributed by atoms with Gasteiger partial charge in [0.15, 0.2) is 0 Å². The van der Waals surface area contributed by atoms with Crippen LogP contribution in [0, 0.1) is 5.92 Å². The number of aliphatic hydroxyl groups is 1. The molecule has 1 aliphatic rings. The first-order chi connectivity index (χ1) is 8.46. The van der Waals surface area contributed by atoms with Crippen molar-refractivity contribution in [1.82, 2.24) is 10.2 Å². The lowest BCUT2D eigenvalue weighted by molar-refractivity contribution is -0.148. The summed E-state index contributed by atoms with van der Waals surface area (Å²) in [7, 11) is 1.86. The molecule has 0 aromatic rings. The average molecular weight is 268 g/mol. The minimum atomic E-state index is -4.20. The molecule has 2 unspecified atom stereocenters. The maximum Gasteiger partial charge on any atom is 0.401 e. The van der Waals surface area contributed by atoms with Crippen molar-refractivity contribution in [1.29, 1.82) is 0 Å². The highest BCUT2D eigenvalue weighted by atomic mass is 19.4. The Morgan fingerprint density at radius 3 is 2.50 bits per heavy atom.